The Hall–Kier alpha value is -1.91. The van der Waals surface area contributed by atoms with Crippen molar-refractivity contribution >= 4 is 27.0 Å². The molecule has 0 aliphatic heterocycles. The van der Waals surface area contributed by atoms with Crippen LogP contribution in [0.3, 0.4) is 0 Å². The summed E-state index contributed by atoms with van der Waals surface area (Å²) in [6, 6.07) is 6.53. The van der Waals surface area contributed by atoms with Gasteiger partial charge in [-0.2, -0.15) is 5.26 Å². The number of nitrogens with zero attached hydrogens (tertiary/aromatic N) is 2. The number of pyridine rings is 1. The number of nitrogens with one attached hydrogen (secondary N) is 1. The van der Waals surface area contributed by atoms with Crippen molar-refractivity contribution in [2.75, 3.05) is 4.72 Å². The lowest BCUT2D eigenvalue weighted by Crippen LogP contribution is -2.12. The van der Waals surface area contributed by atoms with Crippen molar-refractivity contribution in [3.63, 3.8) is 0 Å². The van der Waals surface area contributed by atoms with E-state index in [1.54, 1.807) is 23.7 Å². The van der Waals surface area contributed by atoms with Crippen LogP contribution in [-0.4, -0.2) is 13.4 Å². The molecule has 0 aliphatic rings. The summed E-state index contributed by atoms with van der Waals surface area (Å²) in [5.74, 6) is 0. The van der Waals surface area contributed by atoms with Crippen LogP contribution in [0.1, 0.15) is 5.56 Å². The van der Waals surface area contributed by atoms with E-state index in [0.29, 0.717) is 5.69 Å². The first-order chi connectivity index (χ1) is 8.13. The molecule has 1 N–H and O–H groups in total. The second-order valence-corrected chi connectivity index (χ2v) is 5.87. The van der Waals surface area contributed by atoms with Gasteiger partial charge in [-0.15, -0.1) is 11.3 Å². The smallest absolute Gasteiger partial charge is 0.272 e. The molecule has 0 saturated heterocycles. The van der Waals surface area contributed by atoms with Gasteiger partial charge in [-0.1, -0.05) is 0 Å². The third-order valence-electron chi connectivity index (χ3n) is 1.91. The molecule has 2 aromatic rings. The highest BCUT2D eigenvalue weighted by atomic mass is 32.2. The van der Waals surface area contributed by atoms with Crippen molar-refractivity contribution in [2.45, 2.75) is 4.21 Å². The molecule has 7 heteroatoms. The van der Waals surface area contributed by atoms with Crippen LogP contribution in [0.5, 0.6) is 0 Å². The minimum atomic E-state index is -3.71. The number of hydrogen-bond acceptors (Lipinski definition) is 5. The zero-order valence-electron chi connectivity index (χ0n) is 8.49. The number of thiophene rings is 1. The third kappa shape index (κ3) is 2.43. The van der Waals surface area contributed by atoms with Crippen LogP contribution >= 0.6 is 11.3 Å². The maximum Gasteiger partial charge on any atom is 0.272 e. The normalized spacial score (nSPS) is 10.8. The van der Waals surface area contributed by atoms with Crippen LogP contribution in [0.25, 0.3) is 0 Å². The molecular formula is C10H7N3O2S2. The van der Waals surface area contributed by atoms with Crippen molar-refractivity contribution in [3.05, 3.63) is 41.5 Å². The Morgan fingerprint density at radius 3 is 2.88 bits per heavy atom. The molecule has 0 spiro atoms. The lowest BCUT2D eigenvalue weighted by Gasteiger charge is -2.05. The molecule has 0 fully saturated rings. The maximum atomic E-state index is 12.0. The van der Waals surface area contributed by atoms with E-state index in [2.05, 4.69) is 9.71 Å². The molecule has 86 valence electrons. The summed E-state index contributed by atoms with van der Waals surface area (Å²) >= 11 is 1.01. The average Bonchev–Trinajstić information content (AvgIpc) is 2.78. The zero-order chi connectivity index (χ0) is 12.3. The summed E-state index contributed by atoms with van der Waals surface area (Å²) in [4.78, 5) is 3.80. The zero-order valence-corrected chi connectivity index (χ0v) is 10.1. The molecule has 0 saturated carbocycles. The summed E-state index contributed by atoms with van der Waals surface area (Å²) in [7, 11) is -3.71. The van der Waals surface area contributed by atoms with Gasteiger partial charge in [-0.3, -0.25) is 9.71 Å². The summed E-state index contributed by atoms with van der Waals surface area (Å²) in [5, 5.41) is 10.4. The number of hydrogen-bond donors (Lipinski definition) is 1. The van der Waals surface area contributed by atoms with E-state index >= 15 is 0 Å². The minimum absolute atomic E-state index is 0.0175. The molecule has 0 unspecified atom stereocenters. The Bertz CT molecular complexity index is 656. The minimum Gasteiger partial charge on any atom is -0.277 e. The summed E-state index contributed by atoms with van der Waals surface area (Å²) in [6.45, 7) is 0. The lowest BCUT2D eigenvalue weighted by molar-refractivity contribution is 0.603. The molecule has 0 radical (unpaired) electrons. The van der Waals surface area contributed by atoms with E-state index < -0.39 is 10.0 Å². The number of aromatic nitrogens is 1. The summed E-state index contributed by atoms with van der Waals surface area (Å²) in [6.07, 6.45) is 2.95. The van der Waals surface area contributed by atoms with Crippen LogP contribution in [0.2, 0.25) is 0 Å². The van der Waals surface area contributed by atoms with Crippen molar-refractivity contribution in [1.82, 2.24) is 4.98 Å². The van der Waals surface area contributed by atoms with Crippen molar-refractivity contribution in [2.24, 2.45) is 0 Å². The van der Waals surface area contributed by atoms with Gasteiger partial charge < -0.3 is 0 Å². The molecule has 2 aromatic heterocycles. The molecule has 0 bridgehead atoms. The largest absolute Gasteiger partial charge is 0.277 e. The number of nitriles is 1. The fourth-order valence-electron chi connectivity index (χ4n) is 1.21. The van der Waals surface area contributed by atoms with Crippen molar-refractivity contribution in [1.29, 1.82) is 5.26 Å². The van der Waals surface area contributed by atoms with E-state index in [1.165, 1.54) is 12.3 Å². The third-order valence-corrected chi connectivity index (χ3v) is 4.77. The molecular weight excluding hydrogens is 258 g/mol. The van der Waals surface area contributed by atoms with Gasteiger partial charge in [0.05, 0.1) is 17.4 Å². The highest BCUT2D eigenvalue weighted by molar-refractivity contribution is 7.94. The first-order valence-corrected chi connectivity index (χ1v) is 6.90. The van der Waals surface area contributed by atoms with Crippen LogP contribution in [0.4, 0.5) is 5.69 Å². The Balaban J connectivity index is 2.36. The molecule has 2 rings (SSSR count). The number of rotatable bonds is 3. The van der Waals surface area contributed by atoms with E-state index in [9.17, 15) is 8.42 Å². The van der Waals surface area contributed by atoms with Gasteiger partial charge in [-0.05, 0) is 23.6 Å². The number of anilines is 1. The van der Waals surface area contributed by atoms with Crippen LogP contribution in [-0.2, 0) is 10.0 Å². The Morgan fingerprint density at radius 1 is 1.41 bits per heavy atom. The van der Waals surface area contributed by atoms with Crippen molar-refractivity contribution in [3.8, 4) is 6.07 Å². The Labute approximate surface area is 102 Å². The van der Waals surface area contributed by atoms with Gasteiger partial charge in [0.15, 0.2) is 4.21 Å². The molecule has 0 aromatic carbocycles. The van der Waals surface area contributed by atoms with Gasteiger partial charge >= 0.3 is 0 Å². The predicted molar refractivity (Wildman–Crippen MR) is 64.1 cm³/mol. The summed E-state index contributed by atoms with van der Waals surface area (Å²) < 4.78 is 26.3. The van der Waals surface area contributed by atoms with E-state index in [0.717, 1.165) is 11.3 Å². The first kappa shape index (κ1) is 11.6. The average molecular weight is 265 g/mol. The number of sulfonamides is 1. The van der Waals surface area contributed by atoms with E-state index in [1.807, 2.05) is 6.07 Å². The van der Waals surface area contributed by atoms with Crippen molar-refractivity contribution < 1.29 is 8.42 Å². The standard InChI is InChI=1S/C10H7N3O2S2/c11-6-8-3-5-16-10(8)17(14,15)13-9-2-1-4-12-7-9/h1-5,7,13H. The Morgan fingerprint density at radius 2 is 2.24 bits per heavy atom. The highest BCUT2D eigenvalue weighted by Crippen LogP contribution is 2.24. The van der Waals surface area contributed by atoms with E-state index in [-0.39, 0.29) is 9.77 Å². The van der Waals surface area contributed by atoms with Crippen LogP contribution in [0, 0.1) is 11.3 Å². The topological polar surface area (TPSA) is 82.8 Å². The van der Waals surface area contributed by atoms with Gasteiger partial charge in [0.1, 0.15) is 6.07 Å². The Kier molecular flexibility index (Phi) is 3.08. The first-order valence-electron chi connectivity index (χ1n) is 4.54. The fourth-order valence-corrected chi connectivity index (χ4v) is 3.50. The molecule has 0 aliphatic carbocycles. The molecule has 0 atom stereocenters. The molecule has 2 heterocycles. The molecule has 17 heavy (non-hydrogen) atoms. The fraction of sp³-hybridized carbons (Fsp3) is 0. The molecule has 5 nitrogen and oxygen atoms in total. The lowest BCUT2D eigenvalue weighted by atomic mass is 10.4. The quantitative estimate of drug-likeness (QED) is 0.917. The second kappa shape index (κ2) is 4.53. The molecule has 0 amide bonds. The van der Waals surface area contributed by atoms with E-state index in [4.69, 9.17) is 5.26 Å². The van der Waals surface area contributed by atoms with Gasteiger partial charge in [0.25, 0.3) is 10.0 Å². The van der Waals surface area contributed by atoms with Gasteiger partial charge in [0, 0.05) is 6.20 Å². The van der Waals surface area contributed by atoms with Crippen LogP contribution < -0.4 is 4.72 Å². The van der Waals surface area contributed by atoms with Gasteiger partial charge in [-0.25, -0.2) is 8.42 Å². The maximum absolute atomic E-state index is 12.0. The summed E-state index contributed by atoms with van der Waals surface area (Å²) in [5.41, 5.74) is 0.510. The SMILES string of the molecule is N#Cc1ccsc1S(=O)(=O)Nc1cccnc1. The van der Waals surface area contributed by atoms with Crippen LogP contribution in [0.15, 0.2) is 40.2 Å². The second-order valence-electron chi connectivity index (χ2n) is 3.08. The predicted octanol–water partition coefficient (Wildman–Crippen LogP) is 1.82. The highest BCUT2D eigenvalue weighted by Gasteiger charge is 2.20. The van der Waals surface area contributed by atoms with Gasteiger partial charge in [0.2, 0.25) is 0 Å². The monoisotopic (exact) mass is 265 g/mol.